The largest absolute Gasteiger partial charge is 0.496 e. The summed E-state index contributed by atoms with van der Waals surface area (Å²) in [5.41, 5.74) is 1.61. The van der Waals surface area contributed by atoms with E-state index >= 15 is 0 Å². The van der Waals surface area contributed by atoms with E-state index in [1.807, 2.05) is 12.1 Å². The predicted molar refractivity (Wildman–Crippen MR) is 99.6 cm³/mol. The first-order valence-corrected chi connectivity index (χ1v) is 9.08. The van der Waals surface area contributed by atoms with Crippen molar-refractivity contribution in [1.29, 1.82) is 10.5 Å². The maximum Gasteiger partial charge on any atom is 0.124 e. The normalized spacial score (nSPS) is 11.6. The molecule has 1 atom stereocenters. The topological polar surface area (TPSA) is 66.0 Å². The van der Waals surface area contributed by atoms with E-state index < -0.39 is 0 Å². The van der Waals surface area contributed by atoms with Crippen LogP contribution in [0.2, 0.25) is 0 Å². The van der Waals surface area contributed by atoms with Crippen molar-refractivity contribution in [2.75, 3.05) is 13.7 Å². The van der Waals surface area contributed by atoms with Gasteiger partial charge < -0.3 is 9.47 Å². The van der Waals surface area contributed by atoms with E-state index in [1.54, 1.807) is 7.11 Å². The summed E-state index contributed by atoms with van der Waals surface area (Å²) >= 11 is 0. The van der Waals surface area contributed by atoms with Crippen LogP contribution in [0, 0.1) is 34.5 Å². The van der Waals surface area contributed by atoms with Gasteiger partial charge in [0.25, 0.3) is 0 Å². The summed E-state index contributed by atoms with van der Waals surface area (Å²) in [5, 5.41) is 18.0. The molecule has 0 amide bonds. The van der Waals surface area contributed by atoms with Gasteiger partial charge in [0.1, 0.15) is 11.5 Å². The average Bonchev–Trinajstić information content (AvgIpc) is 2.56. The third kappa shape index (κ3) is 7.48. The molecule has 136 valence electrons. The summed E-state index contributed by atoms with van der Waals surface area (Å²) in [5.74, 6) is 2.72. The average molecular weight is 342 g/mol. The van der Waals surface area contributed by atoms with Crippen molar-refractivity contribution in [3.05, 3.63) is 23.3 Å². The third-order valence-corrected chi connectivity index (χ3v) is 4.35. The molecule has 0 saturated heterocycles. The molecular formula is C21H30N2O2. The van der Waals surface area contributed by atoms with Gasteiger partial charge in [-0.15, -0.1) is 0 Å². The van der Waals surface area contributed by atoms with Crippen LogP contribution in [0.3, 0.4) is 0 Å². The van der Waals surface area contributed by atoms with E-state index in [0.29, 0.717) is 24.0 Å². The standard InChI is InChI=1S/C21H30N2O2/c1-16(2)6-5-7-17(3)10-13-25-21-15-18(8-11-22)20(24-4)14-19(21)9-12-23/h14-17H,5-10,13H2,1-4H3. The summed E-state index contributed by atoms with van der Waals surface area (Å²) in [6.07, 6.45) is 5.26. The lowest BCUT2D eigenvalue weighted by atomic mass is 9.97. The Bertz CT molecular complexity index is 612. The Morgan fingerprint density at radius 3 is 2.08 bits per heavy atom. The van der Waals surface area contributed by atoms with E-state index in [2.05, 4.69) is 32.9 Å². The van der Waals surface area contributed by atoms with Gasteiger partial charge in [0.15, 0.2) is 0 Å². The zero-order chi connectivity index (χ0) is 18.7. The van der Waals surface area contributed by atoms with Gasteiger partial charge in [0, 0.05) is 11.1 Å². The molecule has 1 aromatic carbocycles. The first-order chi connectivity index (χ1) is 12.0. The van der Waals surface area contributed by atoms with Crippen molar-refractivity contribution < 1.29 is 9.47 Å². The smallest absolute Gasteiger partial charge is 0.124 e. The van der Waals surface area contributed by atoms with E-state index in [4.69, 9.17) is 20.0 Å². The molecular weight excluding hydrogens is 312 g/mol. The van der Waals surface area contributed by atoms with Crippen molar-refractivity contribution in [2.45, 2.75) is 59.3 Å². The van der Waals surface area contributed by atoms with Gasteiger partial charge in [-0.2, -0.15) is 10.5 Å². The second-order valence-corrected chi connectivity index (χ2v) is 7.01. The van der Waals surface area contributed by atoms with E-state index in [9.17, 15) is 0 Å². The fourth-order valence-corrected chi connectivity index (χ4v) is 2.80. The van der Waals surface area contributed by atoms with E-state index in [1.165, 1.54) is 19.3 Å². The zero-order valence-corrected chi connectivity index (χ0v) is 16.0. The van der Waals surface area contributed by atoms with Crippen molar-refractivity contribution in [1.82, 2.24) is 0 Å². The maximum absolute atomic E-state index is 9.04. The Balaban J connectivity index is 2.68. The minimum atomic E-state index is 0.262. The number of hydrogen-bond acceptors (Lipinski definition) is 4. The molecule has 0 aliphatic carbocycles. The van der Waals surface area contributed by atoms with Gasteiger partial charge in [0.2, 0.25) is 0 Å². The highest BCUT2D eigenvalue weighted by Crippen LogP contribution is 2.30. The molecule has 0 bridgehead atoms. The Morgan fingerprint density at radius 1 is 0.920 bits per heavy atom. The molecule has 0 aliphatic heterocycles. The summed E-state index contributed by atoms with van der Waals surface area (Å²) < 4.78 is 11.3. The Hall–Kier alpha value is -2.20. The molecule has 0 radical (unpaired) electrons. The molecule has 0 spiro atoms. The van der Waals surface area contributed by atoms with Crippen LogP contribution >= 0.6 is 0 Å². The molecule has 0 N–H and O–H groups in total. The highest BCUT2D eigenvalue weighted by atomic mass is 16.5. The number of nitrogens with zero attached hydrogens (tertiary/aromatic N) is 2. The first-order valence-electron chi connectivity index (χ1n) is 9.08. The van der Waals surface area contributed by atoms with Gasteiger partial charge in [-0.05, 0) is 30.4 Å². The second kappa shape index (κ2) is 11.4. The number of rotatable bonds is 11. The van der Waals surface area contributed by atoms with Crippen LogP contribution in [0.1, 0.15) is 57.6 Å². The van der Waals surface area contributed by atoms with Crippen molar-refractivity contribution >= 4 is 0 Å². The Morgan fingerprint density at radius 2 is 1.52 bits per heavy atom. The van der Waals surface area contributed by atoms with Crippen molar-refractivity contribution in [3.63, 3.8) is 0 Å². The molecule has 25 heavy (non-hydrogen) atoms. The highest BCUT2D eigenvalue weighted by molar-refractivity contribution is 5.48. The SMILES string of the molecule is COc1cc(CC#N)c(OCCC(C)CCCC(C)C)cc1CC#N. The maximum atomic E-state index is 9.04. The molecule has 0 aromatic heterocycles. The Kier molecular flexibility index (Phi) is 9.48. The van der Waals surface area contributed by atoms with Crippen molar-refractivity contribution in [2.24, 2.45) is 11.8 Å². The second-order valence-electron chi connectivity index (χ2n) is 7.01. The molecule has 0 aliphatic rings. The van der Waals surface area contributed by atoms with Crippen LogP contribution in [0.5, 0.6) is 11.5 Å². The highest BCUT2D eigenvalue weighted by Gasteiger charge is 2.12. The first kappa shape index (κ1) is 20.8. The fraction of sp³-hybridized carbons (Fsp3) is 0.619. The predicted octanol–water partition coefficient (Wildman–Crippen LogP) is 5.06. The van der Waals surface area contributed by atoms with Gasteiger partial charge in [-0.3, -0.25) is 0 Å². The zero-order valence-electron chi connectivity index (χ0n) is 16.0. The number of methoxy groups -OCH3 is 1. The number of nitriles is 2. The minimum Gasteiger partial charge on any atom is -0.496 e. The lowest BCUT2D eigenvalue weighted by Crippen LogP contribution is -2.07. The number of benzene rings is 1. The number of ether oxygens (including phenoxy) is 2. The van der Waals surface area contributed by atoms with E-state index in [0.717, 1.165) is 23.5 Å². The molecule has 1 unspecified atom stereocenters. The summed E-state index contributed by atoms with van der Waals surface area (Å²) in [7, 11) is 1.58. The lowest BCUT2D eigenvalue weighted by molar-refractivity contribution is 0.273. The number of hydrogen-bond donors (Lipinski definition) is 0. The van der Waals surface area contributed by atoms with Gasteiger partial charge in [-0.25, -0.2) is 0 Å². The third-order valence-electron chi connectivity index (χ3n) is 4.35. The fourth-order valence-electron chi connectivity index (χ4n) is 2.80. The summed E-state index contributed by atoms with van der Waals surface area (Å²) in [6.45, 7) is 7.40. The summed E-state index contributed by atoms with van der Waals surface area (Å²) in [6, 6.07) is 7.97. The molecule has 4 heteroatoms. The van der Waals surface area contributed by atoms with Crippen LogP contribution < -0.4 is 9.47 Å². The quantitative estimate of drug-likeness (QED) is 0.564. The van der Waals surface area contributed by atoms with Crippen molar-refractivity contribution in [3.8, 4) is 23.6 Å². The van der Waals surface area contributed by atoms with Crippen LogP contribution in [0.25, 0.3) is 0 Å². The van der Waals surface area contributed by atoms with Gasteiger partial charge in [-0.1, -0.05) is 40.0 Å². The molecule has 0 fully saturated rings. The van der Waals surface area contributed by atoms with Crippen LogP contribution in [-0.4, -0.2) is 13.7 Å². The van der Waals surface area contributed by atoms with Crippen LogP contribution in [0.4, 0.5) is 0 Å². The van der Waals surface area contributed by atoms with Gasteiger partial charge >= 0.3 is 0 Å². The monoisotopic (exact) mass is 342 g/mol. The molecule has 0 heterocycles. The molecule has 4 nitrogen and oxygen atoms in total. The van der Waals surface area contributed by atoms with Crippen LogP contribution in [-0.2, 0) is 12.8 Å². The van der Waals surface area contributed by atoms with Crippen LogP contribution in [0.15, 0.2) is 12.1 Å². The Labute approximate surface area is 152 Å². The van der Waals surface area contributed by atoms with E-state index in [-0.39, 0.29) is 12.8 Å². The molecule has 0 saturated carbocycles. The minimum absolute atomic E-state index is 0.262. The lowest BCUT2D eigenvalue weighted by Gasteiger charge is -2.16. The van der Waals surface area contributed by atoms with Gasteiger partial charge in [0.05, 0.1) is 38.7 Å². The summed E-state index contributed by atoms with van der Waals surface area (Å²) in [4.78, 5) is 0. The molecule has 1 aromatic rings. The molecule has 1 rings (SSSR count).